The normalized spacial score (nSPS) is 10.8. The van der Waals surface area contributed by atoms with Gasteiger partial charge in [0.15, 0.2) is 0 Å². The molecule has 0 fully saturated rings. The van der Waals surface area contributed by atoms with E-state index in [0.717, 1.165) is 4.88 Å². The first-order valence-electron chi connectivity index (χ1n) is 8.76. The number of para-hydroxylation sites is 2. The summed E-state index contributed by atoms with van der Waals surface area (Å²) in [6, 6.07) is 15.7. The number of carbonyl (C=O) groups is 2. The molecule has 1 heterocycles. The summed E-state index contributed by atoms with van der Waals surface area (Å²) in [7, 11) is -2.53. The van der Waals surface area contributed by atoms with E-state index in [-0.39, 0.29) is 28.5 Å². The van der Waals surface area contributed by atoms with Crippen LogP contribution in [0.5, 0.6) is 5.75 Å². The fourth-order valence-electron chi connectivity index (χ4n) is 2.55. The first-order valence-corrected chi connectivity index (χ1v) is 11.1. The molecular weight excluding hydrogens is 426 g/mol. The summed E-state index contributed by atoms with van der Waals surface area (Å²) in [6.07, 6.45) is 0.134. The zero-order valence-corrected chi connectivity index (χ0v) is 17.5. The zero-order valence-electron chi connectivity index (χ0n) is 15.9. The van der Waals surface area contributed by atoms with Crippen LogP contribution >= 0.6 is 11.3 Å². The number of hydrogen-bond acceptors (Lipinski definition) is 6. The van der Waals surface area contributed by atoms with Crippen molar-refractivity contribution in [3.05, 3.63) is 76.5 Å². The topological polar surface area (TPSA) is 114 Å². The van der Waals surface area contributed by atoms with E-state index in [9.17, 15) is 18.0 Å². The van der Waals surface area contributed by atoms with Gasteiger partial charge in [0.05, 0.1) is 24.1 Å². The first-order chi connectivity index (χ1) is 14.4. The number of benzene rings is 2. The SMILES string of the molecule is COc1ccccc1NS(=O)(=O)c1cccc(C(=O)NNC(=O)Cc2cccs2)c1. The number of methoxy groups -OCH3 is 1. The lowest BCUT2D eigenvalue weighted by molar-refractivity contribution is -0.121. The standard InChI is InChI=1S/C20H19N3O5S2/c1-28-18-10-3-2-9-17(18)23-30(26,27)16-8-4-6-14(12-16)20(25)22-21-19(24)13-15-7-5-11-29-15/h2-12,23H,13H2,1H3,(H,21,24)(H,22,25). The lowest BCUT2D eigenvalue weighted by atomic mass is 10.2. The molecule has 0 spiro atoms. The number of thiophene rings is 1. The van der Waals surface area contributed by atoms with Crippen molar-refractivity contribution in [3.63, 3.8) is 0 Å². The van der Waals surface area contributed by atoms with Gasteiger partial charge >= 0.3 is 0 Å². The molecule has 156 valence electrons. The Morgan fingerprint density at radius 3 is 2.53 bits per heavy atom. The van der Waals surface area contributed by atoms with Crippen LogP contribution in [0.2, 0.25) is 0 Å². The van der Waals surface area contributed by atoms with Crippen LogP contribution in [0, 0.1) is 0 Å². The van der Waals surface area contributed by atoms with Crippen LogP contribution in [-0.4, -0.2) is 27.3 Å². The molecule has 2 amide bonds. The van der Waals surface area contributed by atoms with Gasteiger partial charge in [0.2, 0.25) is 5.91 Å². The molecule has 0 saturated carbocycles. The lowest BCUT2D eigenvalue weighted by Crippen LogP contribution is -2.42. The zero-order chi connectivity index (χ0) is 21.6. The van der Waals surface area contributed by atoms with Crippen LogP contribution < -0.4 is 20.3 Å². The maximum atomic E-state index is 12.7. The molecule has 0 aliphatic heterocycles. The van der Waals surface area contributed by atoms with Crippen molar-refractivity contribution in [3.8, 4) is 5.75 Å². The van der Waals surface area contributed by atoms with Gasteiger partial charge < -0.3 is 4.74 Å². The highest BCUT2D eigenvalue weighted by Crippen LogP contribution is 2.26. The Hall–Kier alpha value is -3.37. The molecule has 3 aromatic rings. The molecule has 0 bridgehead atoms. The van der Waals surface area contributed by atoms with Gasteiger partial charge in [0.25, 0.3) is 15.9 Å². The van der Waals surface area contributed by atoms with Crippen molar-refractivity contribution in [2.45, 2.75) is 11.3 Å². The molecule has 1 aromatic heterocycles. The van der Waals surface area contributed by atoms with Gasteiger partial charge in [0.1, 0.15) is 5.75 Å². The predicted molar refractivity (Wildman–Crippen MR) is 114 cm³/mol. The molecule has 0 radical (unpaired) electrons. The Balaban J connectivity index is 1.68. The largest absolute Gasteiger partial charge is 0.495 e. The van der Waals surface area contributed by atoms with E-state index in [1.807, 2.05) is 17.5 Å². The van der Waals surface area contributed by atoms with Crippen LogP contribution in [0.25, 0.3) is 0 Å². The van der Waals surface area contributed by atoms with E-state index < -0.39 is 15.9 Å². The van der Waals surface area contributed by atoms with Crippen LogP contribution in [-0.2, 0) is 21.2 Å². The second-order valence-electron chi connectivity index (χ2n) is 6.09. The molecule has 0 atom stereocenters. The molecule has 3 rings (SSSR count). The monoisotopic (exact) mass is 445 g/mol. The Bertz CT molecular complexity index is 1140. The van der Waals surface area contributed by atoms with Gasteiger partial charge in [0, 0.05) is 10.4 Å². The minimum atomic E-state index is -3.96. The molecule has 0 aliphatic carbocycles. The fourth-order valence-corrected chi connectivity index (χ4v) is 4.37. The molecule has 0 saturated heterocycles. The summed E-state index contributed by atoms with van der Waals surface area (Å²) < 4.78 is 33.0. The smallest absolute Gasteiger partial charge is 0.269 e. The Morgan fingerprint density at radius 2 is 1.80 bits per heavy atom. The number of sulfonamides is 1. The van der Waals surface area contributed by atoms with Gasteiger partial charge in [-0.2, -0.15) is 0 Å². The van der Waals surface area contributed by atoms with Crippen LogP contribution in [0.3, 0.4) is 0 Å². The quantitative estimate of drug-likeness (QED) is 0.484. The van der Waals surface area contributed by atoms with E-state index in [4.69, 9.17) is 4.74 Å². The average Bonchev–Trinajstić information content (AvgIpc) is 3.25. The van der Waals surface area contributed by atoms with Crippen molar-refractivity contribution in [2.24, 2.45) is 0 Å². The van der Waals surface area contributed by atoms with Crippen molar-refractivity contribution in [2.75, 3.05) is 11.8 Å². The fraction of sp³-hybridized carbons (Fsp3) is 0.100. The number of rotatable bonds is 7. The van der Waals surface area contributed by atoms with E-state index in [1.54, 1.807) is 24.3 Å². The van der Waals surface area contributed by atoms with Crippen LogP contribution in [0.15, 0.2) is 70.9 Å². The molecule has 8 nitrogen and oxygen atoms in total. The van der Waals surface area contributed by atoms with E-state index >= 15 is 0 Å². The molecule has 0 unspecified atom stereocenters. The van der Waals surface area contributed by atoms with Gasteiger partial charge in [-0.1, -0.05) is 24.3 Å². The molecule has 3 N–H and O–H groups in total. The second-order valence-corrected chi connectivity index (χ2v) is 8.81. The molecule has 2 aromatic carbocycles. The summed E-state index contributed by atoms with van der Waals surface area (Å²) in [5.41, 5.74) is 4.96. The van der Waals surface area contributed by atoms with E-state index in [0.29, 0.717) is 5.75 Å². The van der Waals surface area contributed by atoms with Gasteiger partial charge in [-0.05, 0) is 41.8 Å². The summed E-state index contributed by atoms with van der Waals surface area (Å²) in [6.45, 7) is 0. The summed E-state index contributed by atoms with van der Waals surface area (Å²) in [4.78, 5) is 25.0. The lowest BCUT2D eigenvalue weighted by Gasteiger charge is -2.12. The minimum Gasteiger partial charge on any atom is -0.495 e. The van der Waals surface area contributed by atoms with Gasteiger partial charge in [-0.25, -0.2) is 8.42 Å². The number of nitrogens with one attached hydrogen (secondary N) is 3. The van der Waals surface area contributed by atoms with Crippen LogP contribution in [0.4, 0.5) is 5.69 Å². The third-order valence-electron chi connectivity index (χ3n) is 3.99. The highest BCUT2D eigenvalue weighted by Gasteiger charge is 2.18. The number of anilines is 1. The van der Waals surface area contributed by atoms with E-state index in [2.05, 4.69) is 15.6 Å². The number of hydrogen-bond donors (Lipinski definition) is 3. The second kappa shape index (κ2) is 9.42. The Morgan fingerprint density at radius 1 is 1.00 bits per heavy atom. The van der Waals surface area contributed by atoms with Crippen molar-refractivity contribution in [1.29, 1.82) is 0 Å². The summed E-state index contributed by atoms with van der Waals surface area (Å²) in [5, 5.41) is 1.85. The van der Waals surface area contributed by atoms with Gasteiger partial charge in [-0.15, -0.1) is 11.3 Å². The number of carbonyl (C=O) groups excluding carboxylic acids is 2. The Kier molecular flexibility index (Phi) is 6.70. The molecular formula is C20H19N3O5S2. The van der Waals surface area contributed by atoms with Crippen LogP contribution in [0.1, 0.15) is 15.2 Å². The third kappa shape index (κ3) is 5.37. The van der Waals surface area contributed by atoms with E-state index in [1.165, 1.54) is 42.7 Å². The van der Waals surface area contributed by atoms with Crippen molar-refractivity contribution >= 4 is 38.9 Å². The van der Waals surface area contributed by atoms with Crippen molar-refractivity contribution < 1.29 is 22.7 Å². The minimum absolute atomic E-state index is 0.0781. The number of ether oxygens (including phenoxy) is 1. The third-order valence-corrected chi connectivity index (χ3v) is 6.23. The maximum Gasteiger partial charge on any atom is 0.269 e. The highest BCUT2D eigenvalue weighted by molar-refractivity contribution is 7.92. The summed E-state index contributed by atoms with van der Waals surface area (Å²) in [5.74, 6) is -0.653. The van der Waals surface area contributed by atoms with Crippen molar-refractivity contribution in [1.82, 2.24) is 10.9 Å². The number of hydrazine groups is 1. The maximum absolute atomic E-state index is 12.7. The first kappa shape index (κ1) is 21.3. The predicted octanol–water partition coefficient (Wildman–Crippen LogP) is 2.56. The van der Waals surface area contributed by atoms with Gasteiger partial charge in [-0.3, -0.25) is 25.2 Å². The highest BCUT2D eigenvalue weighted by atomic mass is 32.2. The molecule has 30 heavy (non-hydrogen) atoms. The molecule has 10 heteroatoms. The average molecular weight is 446 g/mol. The number of amides is 2. The Labute approximate surface area is 177 Å². The summed E-state index contributed by atoms with van der Waals surface area (Å²) >= 11 is 1.43. The molecule has 0 aliphatic rings.